The van der Waals surface area contributed by atoms with Gasteiger partial charge in [-0.1, -0.05) is 35.3 Å². The van der Waals surface area contributed by atoms with E-state index in [2.05, 4.69) is 5.32 Å². The highest BCUT2D eigenvalue weighted by molar-refractivity contribution is 6.33. The lowest BCUT2D eigenvalue weighted by Crippen LogP contribution is -2.18. The van der Waals surface area contributed by atoms with E-state index in [9.17, 15) is 5.11 Å². The first-order chi connectivity index (χ1) is 9.06. The zero-order valence-corrected chi connectivity index (χ0v) is 12.0. The molecule has 0 bridgehead atoms. The van der Waals surface area contributed by atoms with Crippen molar-refractivity contribution < 1.29 is 5.11 Å². The lowest BCUT2D eigenvalue weighted by Gasteiger charge is -2.16. The van der Waals surface area contributed by atoms with Gasteiger partial charge in [-0.2, -0.15) is 0 Å². The SMILES string of the molecule is CC(NCc1ccc(O)cc1)c1cc(Cl)ccc1Cl. The smallest absolute Gasteiger partial charge is 0.115 e. The van der Waals surface area contributed by atoms with Crippen LogP contribution in [0.5, 0.6) is 5.75 Å². The van der Waals surface area contributed by atoms with Gasteiger partial charge in [0.15, 0.2) is 0 Å². The van der Waals surface area contributed by atoms with Crippen molar-refractivity contribution >= 4 is 23.2 Å². The second-order valence-electron chi connectivity index (χ2n) is 4.43. The van der Waals surface area contributed by atoms with E-state index in [1.165, 1.54) is 0 Å². The first kappa shape index (κ1) is 14.2. The van der Waals surface area contributed by atoms with Gasteiger partial charge in [0.2, 0.25) is 0 Å². The number of rotatable bonds is 4. The number of halogens is 2. The third-order valence-corrected chi connectivity index (χ3v) is 3.55. The van der Waals surface area contributed by atoms with E-state index in [1.807, 2.05) is 25.1 Å². The quantitative estimate of drug-likeness (QED) is 0.867. The molecule has 2 rings (SSSR count). The first-order valence-electron chi connectivity index (χ1n) is 6.02. The predicted octanol–water partition coefficient (Wildman–Crippen LogP) is 4.55. The lowest BCUT2D eigenvalue weighted by molar-refractivity contribution is 0.474. The van der Waals surface area contributed by atoms with Crippen LogP contribution in [0, 0.1) is 0 Å². The van der Waals surface area contributed by atoms with Gasteiger partial charge >= 0.3 is 0 Å². The average molecular weight is 296 g/mol. The zero-order valence-electron chi connectivity index (χ0n) is 10.5. The van der Waals surface area contributed by atoms with E-state index < -0.39 is 0 Å². The number of nitrogens with one attached hydrogen (secondary N) is 1. The summed E-state index contributed by atoms with van der Waals surface area (Å²) >= 11 is 12.1. The van der Waals surface area contributed by atoms with Crippen LogP contribution in [0.2, 0.25) is 10.0 Å². The van der Waals surface area contributed by atoms with Crippen LogP contribution in [0.25, 0.3) is 0 Å². The van der Waals surface area contributed by atoms with E-state index in [-0.39, 0.29) is 11.8 Å². The van der Waals surface area contributed by atoms with Gasteiger partial charge in [0.25, 0.3) is 0 Å². The van der Waals surface area contributed by atoms with Crippen LogP contribution in [0.15, 0.2) is 42.5 Å². The Hall–Kier alpha value is -1.22. The maximum atomic E-state index is 9.23. The second kappa shape index (κ2) is 6.29. The molecule has 0 heterocycles. The second-order valence-corrected chi connectivity index (χ2v) is 5.28. The minimum absolute atomic E-state index is 0.0972. The van der Waals surface area contributed by atoms with Crippen molar-refractivity contribution in [3.8, 4) is 5.75 Å². The van der Waals surface area contributed by atoms with E-state index >= 15 is 0 Å². The standard InChI is InChI=1S/C15H15Cl2NO/c1-10(14-8-12(16)4-7-15(14)17)18-9-11-2-5-13(19)6-3-11/h2-8,10,18-19H,9H2,1H3. The van der Waals surface area contributed by atoms with Crippen molar-refractivity contribution in [3.63, 3.8) is 0 Å². The zero-order chi connectivity index (χ0) is 13.8. The molecule has 2 N–H and O–H groups in total. The fourth-order valence-electron chi connectivity index (χ4n) is 1.84. The molecule has 0 amide bonds. The van der Waals surface area contributed by atoms with E-state index in [4.69, 9.17) is 23.2 Å². The molecule has 4 heteroatoms. The molecule has 0 aliphatic rings. The van der Waals surface area contributed by atoms with Crippen molar-refractivity contribution in [1.82, 2.24) is 5.32 Å². The minimum atomic E-state index is 0.0972. The Balaban J connectivity index is 2.03. The molecule has 0 fully saturated rings. The highest BCUT2D eigenvalue weighted by Crippen LogP contribution is 2.26. The van der Waals surface area contributed by atoms with Gasteiger partial charge in [-0.3, -0.25) is 0 Å². The monoisotopic (exact) mass is 295 g/mol. The minimum Gasteiger partial charge on any atom is -0.508 e. The number of benzene rings is 2. The van der Waals surface area contributed by atoms with E-state index in [1.54, 1.807) is 24.3 Å². The summed E-state index contributed by atoms with van der Waals surface area (Å²) in [6, 6.07) is 12.7. The van der Waals surface area contributed by atoms with Crippen LogP contribution in [0.4, 0.5) is 0 Å². The van der Waals surface area contributed by atoms with Gasteiger partial charge in [-0.05, 0) is 48.4 Å². The molecule has 0 aliphatic heterocycles. The van der Waals surface area contributed by atoms with Crippen LogP contribution in [0.3, 0.4) is 0 Å². The molecule has 0 saturated heterocycles. The number of hydrogen-bond acceptors (Lipinski definition) is 2. The van der Waals surface area contributed by atoms with Crippen LogP contribution in [-0.4, -0.2) is 5.11 Å². The Bertz CT molecular complexity index is 555. The molecular formula is C15H15Cl2NO. The summed E-state index contributed by atoms with van der Waals surface area (Å²) < 4.78 is 0. The van der Waals surface area contributed by atoms with Crippen LogP contribution in [-0.2, 0) is 6.54 Å². The molecule has 0 radical (unpaired) electrons. The fourth-order valence-corrected chi connectivity index (χ4v) is 2.30. The maximum Gasteiger partial charge on any atom is 0.115 e. The molecule has 2 aromatic carbocycles. The molecule has 0 saturated carbocycles. The maximum absolute atomic E-state index is 9.23. The van der Waals surface area contributed by atoms with Crippen LogP contribution >= 0.6 is 23.2 Å². The van der Waals surface area contributed by atoms with Crippen molar-refractivity contribution in [1.29, 1.82) is 0 Å². The average Bonchev–Trinajstić information content (AvgIpc) is 2.40. The third-order valence-electron chi connectivity index (χ3n) is 2.97. The Labute approximate surface area is 123 Å². The Morgan fingerprint density at radius 1 is 1.11 bits per heavy atom. The topological polar surface area (TPSA) is 32.3 Å². The molecular weight excluding hydrogens is 281 g/mol. The molecule has 2 nitrogen and oxygen atoms in total. The van der Waals surface area contributed by atoms with E-state index in [0.29, 0.717) is 16.6 Å². The summed E-state index contributed by atoms with van der Waals surface area (Å²) in [7, 11) is 0. The predicted molar refractivity (Wildman–Crippen MR) is 79.8 cm³/mol. The largest absolute Gasteiger partial charge is 0.508 e. The number of phenols is 1. The number of phenolic OH excluding ortho intramolecular Hbond substituents is 1. The highest BCUT2D eigenvalue weighted by Gasteiger charge is 2.09. The molecule has 100 valence electrons. The lowest BCUT2D eigenvalue weighted by atomic mass is 10.1. The molecule has 19 heavy (non-hydrogen) atoms. The van der Waals surface area contributed by atoms with Gasteiger partial charge in [0.1, 0.15) is 5.75 Å². The fraction of sp³-hybridized carbons (Fsp3) is 0.200. The number of aromatic hydroxyl groups is 1. The summed E-state index contributed by atoms with van der Waals surface area (Å²) in [5.74, 6) is 0.273. The van der Waals surface area contributed by atoms with Crippen molar-refractivity contribution in [2.45, 2.75) is 19.5 Å². The van der Waals surface area contributed by atoms with Crippen molar-refractivity contribution in [2.75, 3.05) is 0 Å². The van der Waals surface area contributed by atoms with Crippen LogP contribution < -0.4 is 5.32 Å². The van der Waals surface area contributed by atoms with Gasteiger partial charge in [0.05, 0.1) is 0 Å². The Kier molecular flexibility index (Phi) is 4.70. The summed E-state index contributed by atoms with van der Waals surface area (Å²) in [5, 5.41) is 14.0. The molecule has 0 aromatic heterocycles. The van der Waals surface area contributed by atoms with Gasteiger partial charge < -0.3 is 10.4 Å². The van der Waals surface area contributed by atoms with Gasteiger partial charge in [-0.15, -0.1) is 0 Å². The Morgan fingerprint density at radius 3 is 2.47 bits per heavy atom. The van der Waals surface area contributed by atoms with Crippen molar-refractivity contribution in [3.05, 3.63) is 63.6 Å². The third kappa shape index (κ3) is 3.87. The summed E-state index contributed by atoms with van der Waals surface area (Å²) in [6.45, 7) is 2.74. The van der Waals surface area contributed by atoms with Crippen molar-refractivity contribution in [2.24, 2.45) is 0 Å². The van der Waals surface area contributed by atoms with Gasteiger partial charge in [-0.25, -0.2) is 0 Å². The molecule has 2 aromatic rings. The molecule has 1 unspecified atom stereocenters. The van der Waals surface area contributed by atoms with E-state index in [0.717, 1.165) is 11.1 Å². The normalized spacial score (nSPS) is 12.4. The number of hydrogen-bond donors (Lipinski definition) is 2. The van der Waals surface area contributed by atoms with Gasteiger partial charge in [0, 0.05) is 22.6 Å². The Morgan fingerprint density at radius 2 is 1.79 bits per heavy atom. The molecule has 1 atom stereocenters. The van der Waals surface area contributed by atoms with Crippen LogP contribution in [0.1, 0.15) is 24.1 Å². The first-order valence-corrected chi connectivity index (χ1v) is 6.78. The summed E-state index contributed by atoms with van der Waals surface area (Å²) in [4.78, 5) is 0. The summed E-state index contributed by atoms with van der Waals surface area (Å²) in [6.07, 6.45) is 0. The summed E-state index contributed by atoms with van der Waals surface area (Å²) in [5.41, 5.74) is 2.08. The highest BCUT2D eigenvalue weighted by atomic mass is 35.5. The molecule has 0 spiro atoms. The molecule has 0 aliphatic carbocycles.